The maximum Gasteiger partial charge on any atom is 0.202 e. The SMILES string of the molecule is CCCc1nsc(NCc2cccc(C)c2)n1. The maximum absolute atomic E-state index is 4.43. The average Bonchev–Trinajstić information content (AvgIpc) is 2.75. The molecule has 0 aliphatic carbocycles. The van der Waals surface area contributed by atoms with Crippen molar-refractivity contribution in [1.82, 2.24) is 9.36 Å². The van der Waals surface area contributed by atoms with Gasteiger partial charge < -0.3 is 5.32 Å². The highest BCUT2D eigenvalue weighted by Gasteiger charge is 2.02. The zero-order chi connectivity index (χ0) is 12.1. The Morgan fingerprint density at radius 2 is 2.24 bits per heavy atom. The maximum atomic E-state index is 4.43. The summed E-state index contributed by atoms with van der Waals surface area (Å²) in [5, 5.41) is 4.22. The molecule has 0 fully saturated rings. The Labute approximate surface area is 106 Å². The van der Waals surface area contributed by atoms with Gasteiger partial charge in [0, 0.05) is 24.5 Å². The van der Waals surface area contributed by atoms with E-state index in [9.17, 15) is 0 Å². The van der Waals surface area contributed by atoms with Gasteiger partial charge in [0.1, 0.15) is 5.82 Å². The highest BCUT2D eigenvalue weighted by molar-refractivity contribution is 7.09. The van der Waals surface area contributed by atoms with Crippen molar-refractivity contribution in [3.05, 3.63) is 41.2 Å². The van der Waals surface area contributed by atoms with Gasteiger partial charge in [-0.25, -0.2) is 4.98 Å². The number of hydrogen-bond donors (Lipinski definition) is 1. The summed E-state index contributed by atoms with van der Waals surface area (Å²) in [7, 11) is 0. The van der Waals surface area contributed by atoms with Crippen molar-refractivity contribution in [1.29, 1.82) is 0 Å². The molecule has 0 saturated carbocycles. The van der Waals surface area contributed by atoms with Crippen LogP contribution in [-0.2, 0) is 13.0 Å². The molecule has 0 spiro atoms. The predicted molar refractivity (Wildman–Crippen MR) is 72.4 cm³/mol. The van der Waals surface area contributed by atoms with Gasteiger partial charge in [-0.15, -0.1) is 0 Å². The molecule has 17 heavy (non-hydrogen) atoms. The molecule has 1 heterocycles. The lowest BCUT2D eigenvalue weighted by Crippen LogP contribution is -1.99. The molecule has 1 aromatic heterocycles. The third kappa shape index (κ3) is 3.53. The Hall–Kier alpha value is -1.42. The molecule has 0 atom stereocenters. The van der Waals surface area contributed by atoms with E-state index in [1.165, 1.54) is 22.7 Å². The molecule has 4 heteroatoms. The van der Waals surface area contributed by atoms with Crippen LogP contribution in [0.2, 0.25) is 0 Å². The van der Waals surface area contributed by atoms with Gasteiger partial charge in [0.25, 0.3) is 0 Å². The normalized spacial score (nSPS) is 10.5. The van der Waals surface area contributed by atoms with E-state index in [-0.39, 0.29) is 0 Å². The van der Waals surface area contributed by atoms with Crippen molar-refractivity contribution < 1.29 is 0 Å². The van der Waals surface area contributed by atoms with Crippen molar-refractivity contribution in [3.8, 4) is 0 Å². The first-order valence-corrected chi connectivity index (χ1v) is 6.67. The number of nitrogens with zero attached hydrogens (tertiary/aromatic N) is 2. The summed E-state index contributed by atoms with van der Waals surface area (Å²) in [6.07, 6.45) is 2.05. The highest BCUT2D eigenvalue weighted by Crippen LogP contribution is 2.14. The number of benzene rings is 1. The quantitative estimate of drug-likeness (QED) is 0.879. The lowest BCUT2D eigenvalue weighted by atomic mass is 10.1. The van der Waals surface area contributed by atoms with Crippen LogP contribution >= 0.6 is 11.5 Å². The van der Waals surface area contributed by atoms with Crippen LogP contribution in [0.25, 0.3) is 0 Å². The van der Waals surface area contributed by atoms with E-state index in [0.29, 0.717) is 0 Å². The number of anilines is 1. The summed E-state index contributed by atoms with van der Waals surface area (Å²) < 4.78 is 4.30. The van der Waals surface area contributed by atoms with E-state index >= 15 is 0 Å². The average molecular weight is 247 g/mol. The summed E-state index contributed by atoms with van der Waals surface area (Å²) in [5.41, 5.74) is 2.56. The molecule has 0 aliphatic heterocycles. The van der Waals surface area contributed by atoms with Gasteiger partial charge in [0.05, 0.1) is 0 Å². The lowest BCUT2D eigenvalue weighted by molar-refractivity contribution is 0.861. The molecule has 90 valence electrons. The predicted octanol–water partition coefficient (Wildman–Crippen LogP) is 3.41. The minimum atomic E-state index is 0.808. The van der Waals surface area contributed by atoms with E-state index in [4.69, 9.17) is 0 Å². The van der Waals surface area contributed by atoms with Gasteiger partial charge >= 0.3 is 0 Å². The molecular formula is C13H17N3S. The summed E-state index contributed by atoms with van der Waals surface area (Å²) in [4.78, 5) is 4.43. The van der Waals surface area contributed by atoms with Crippen molar-refractivity contribution in [2.24, 2.45) is 0 Å². The van der Waals surface area contributed by atoms with Crippen LogP contribution in [0.5, 0.6) is 0 Å². The van der Waals surface area contributed by atoms with Crippen molar-refractivity contribution in [2.45, 2.75) is 33.2 Å². The number of aryl methyl sites for hydroxylation is 2. The summed E-state index contributed by atoms with van der Waals surface area (Å²) in [6, 6.07) is 8.48. The van der Waals surface area contributed by atoms with E-state index in [1.54, 1.807) is 0 Å². The Bertz CT molecular complexity index is 479. The molecule has 0 bridgehead atoms. The molecule has 0 amide bonds. The Balaban J connectivity index is 1.93. The van der Waals surface area contributed by atoms with Crippen molar-refractivity contribution in [2.75, 3.05) is 5.32 Å². The third-order valence-corrected chi connectivity index (χ3v) is 3.18. The van der Waals surface area contributed by atoms with Crippen LogP contribution in [-0.4, -0.2) is 9.36 Å². The first-order valence-electron chi connectivity index (χ1n) is 5.90. The van der Waals surface area contributed by atoms with Crippen LogP contribution in [0, 0.1) is 6.92 Å². The Morgan fingerprint density at radius 1 is 1.35 bits per heavy atom. The van der Waals surface area contributed by atoms with E-state index in [1.807, 2.05) is 0 Å². The van der Waals surface area contributed by atoms with Crippen LogP contribution in [0.4, 0.5) is 5.13 Å². The fourth-order valence-electron chi connectivity index (χ4n) is 1.65. The lowest BCUT2D eigenvalue weighted by Gasteiger charge is -2.03. The van der Waals surface area contributed by atoms with Gasteiger partial charge in [0.2, 0.25) is 5.13 Å². The zero-order valence-corrected chi connectivity index (χ0v) is 11.0. The fourth-order valence-corrected chi connectivity index (χ4v) is 2.26. The Morgan fingerprint density at radius 3 is 3.00 bits per heavy atom. The van der Waals surface area contributed by atoms with Gasteiger partial charge in [-0.2, -0.15) is 4.37 Å². The van der Waals surface area contributed by atoms with Gasteiger partial charge in [0.15, 0.2) is 0 Å². The molecule has 2 aromatic rings. The minimum Gasteiger partial charge on any atom is -0.356 e. The highest BCUT2D eigenvalue weighted by atomic mass is 32.1. The summed E-state index contributed by atoms with van der Waals surface area (Å²) in [5.74, 6) is 0.948. The number of aromatic nitrogens is 2. The number of nitrogens with one attached hydrogen (secondary N) is 1. The number of rotatable bonds is 5. The summed E-state index contributed by atoms with van der Waals surface area (Å²) in [6.45, 7) is 5.05. The smallest absolute Gasteiger partial charge is 0.202 e. The first kappa shape index (κ1) is 12.0. The second-order valence-electron chi connectivity index (χ2n) is 4.11. The number of hydrogen-bond acceptors (Lipinski definition) is 4. The molecule has 3 nitrogen and oxygen atoms in total. The van der Waals surface area contributed by atoms with Crippen LogP contribution in [0.3, 0.4) is 0 Å². The largest absolute Gasteiger partial charge is 0.356 e. The molecule has 0 aliphatic rings. The van der Waals surface area contributed by atoms with Gasteiger partial charge in [-0.05, 0) is 18.9 Å². The molecule has 1 N–H and O–H groups in total. The van der Waals surface area contributed by atoms with Crippen LogP contribution in [0.1, 0.15) is 30.3 Å². The van der Waals surface area contributed by atoms with Crippen LogP contribution < -0.4 is 5.32 Å². The monoisotopic (exact) mass is 247 g/mol. The summed E-state index contributed by atoms with van der Waals surface area (Å²) >= 11 is 1.44. The molecule has 0 saturated heterocycles. The molecule has 1 aromatic carbocycles. The van der Waals surface area contributed by atoms with Crippen molar-refractivity contribution in [3.63, 3.8) is 0 Å². The van der Waals surface area contributed by atoms with Crippen molar-refractivity contribution >= 4 is 16.7 Å². The van der Waals surface area contributed by atoms with E-state index < -0.39 is 0 Å². The minimum absolute atomic E-state index is 0.808. The standard InChI is InChI=1S/C13H17N3S/c1-3-5-12-15-13(17-16-12)14-9-11-7-4-6-10(2)8-11/h4,6-8H,3,5,9H2,1-2H3,(H,14,15,16). The van der Waals surface area contributed by atoms with Gasteiger partial charge in [-0.3, -0.25) is 0 Å². The Kier molecular flexibility index (Phi) is 4.09. The third-order valence-electron chi connectivity index (χ3n) is 2.47. The van der Waals surface area contributed by atoms with E-state index in [0.717, 1.165) is 30.3 Å². The zero-order valence-electron chi connectivity index (χ0n) is 10.2. The molecular weight excluding hydrogens is 230 g/mol. The van der Waals surface area contributed by atoms with Crippen LogP contribution in [0.15, 0.2) is 24.3 Å². The molecule has 0 unspecified atom stereocenters. The van der Waals surface area contributed by atoms with Gasteiger partial charge in [-0.1, -0.05) is 36.8 Å². The fraction of sp³-hybridized carbons (Fsp3) is 0.385. The van der Waals surface area contributed by atoms with E-state index in [2.05, 4.69) is 52.8 Å². The molecule has 2 rings (SSSR count). The second kappa shape index (κ2) is 5.77. The first-order chi connectivity index (χ1) is 8.28. The topological polar surface area (TPSA) is 37.8 Å². The second-order valence-corrected chi connectivity index (χ2v) is 4.86. The molecule has 0 radical (unpaired) electrons.